The van der Waals surface area contributed by atoms with Crippen molar-refractivity contribution in [2.75, 3.05) is 0 Å². The Bertz CT molecular complexity index is 505. The molecule has 0 aromatic carbocycles. The van der Waals surface area contributed by atoms with Gasteiger partial charge in [-0.15, -0.1) is 0 Å². The summed E-state index contributed by atoms with van der Waals surface area (Å²) in [4.78, 5) is 22.6. The highest BCUT2D eigenvalue weighted by molar-refractivity contribution is 5.89. The monoisotopic (exact) mass is 410 g/mol. The molecule has 0 aliphatic heterocycles. The van der Waals surface area contributed by atoms with Gasteiger partial charge >= 0.3 is 11.9 Å². The van der Waals surface area contributed by atoms with E-state index >= 15 is 0 Å². The third-order valence-corrected chi connectivity index (χ3v) is 5.66. The van der Waals surface area contributed by atoms with E-state index in [4.69, 9.17) is 0 Å². The van der Waals surface area contributed by atoms with Gasteiger partial charge in [0.2, 0.25) is 0 Å². The Morgan fingerprint density at radius 1 is 0.897 bits per heavy atom. The first-order chi connectivity index (χ1) is 13.4. The normalized spacial score (nSPS) is 16.4. The molecule has 3 atom stereocenters. The quantitative estimate of drug-likeness (QED) is 0.188. The Hall–Kier alpha value is -1.16. The summed E-state index contributed by atoms with van der Waals surface area (Å²) < 4.78 is 4.49. The molecule has 0 aliphatic rings. The van der Waals surface area contributed by atoms with Gasteiger partial charge in [0.1, 0.15) is 0 Å². The molecule has 4 heteroatoms. The first-order valence-electron chi connectivity index (χ1n) is 11.5. The summed E-state index contributed by atoms with van der Waals surface area (Å²) >= 11 is 0. The summed E-state index contributed by atoms with van der Waals surface area (Å²) in [6.45, 7) is 13.9. The maximum atomic E-state index is 11.7. The van der Waals surface area contributed by atoms with Gasteiger partial charge in [0.05, 0.1) is 0 Å². The molecule has 29 heavy (non-hydrogen) atoms. The summed E-state index contributed by atoms with van der Waals surface area (Å²) in [6.07, 6.45) is 13.4. The molecule has 0 amide bonds. The lowest BCUT2D eigenvalue weighted by atomic mass is 9.91. The summed E-state index contributed by atoms with van der Waals surface area (Å²) in [5, 5.41) is 10.1. The molecule has 4 nitrogen and oxygen atoms in total. The Kier molecular flexibility index (Phi) is 14.2. The fourth-order valence-electron chi connectivity index (χ4n) is 3.51. The summed E-state index contributed by atoms with van der Waals surface area (Å²) in [6, 6.07) is 0. The topological polar surface area (TPSA) is 63.6 Å². The Morgan fingerprint density at radius 3 is 1.86 bits per heavy atom. The van der Waals surface area contributed by atoms with Gasteiger partial charge in [0.25, 0.3) is 0 Å². The van der Waals surface area contributed by atoms with Gasteiger partial charge in [-0.2, -0.15) is 0 Å². The van der Waals surface area contributed by atoms with Gasteiger partial charge < -0.3 is 9.84 Å². The molecule has 0 saturated carbocycles. The highest BCUT2D eigenvalue weighted by Gasteiger charge is 2.32. The summed E-state index contributed by atoms with van der Waals surface area (Å²) in [5.41, 5.74) is -0.501. The molecule has 170 valence electrons. The van der Waals surface area contributed by atoms with Gasteiger partial charge in [-0.1, -0.05) is 84.3 Å². The SMILES string of the molecule is CC(=O)OC(=O)C(C)(O)CC=C(C)CCCC(C)CCCC(C)CCCC(C)C. The van der Waals surface area contributed by atoms with Crippen LogP contribution in [-0.2, 0) is 14.3 Å². The van der Waals surface area contributed by atoms with E-state index in [-0.39, 0.29) is 6.42 Å². The molecule has 0 rings (SSSR count). The molecule has 0 spiro atoms. The van der Waals surface area contributed by atoms with Crippen molar-refractivity contribution in [3.63, 3.8) is 0 Å². The fraction of sp³-hybridized carbons (Fsp3) is 0.840. The van der Waals surface area contributed by atoms with Crippen LogP contribution in [0.5, 0.6) is 0 Å². The van der Waals surface area contributed by atoms with Crippen LogP contribution in [0, 0.1) is 17.8 Å². The number of rotatable bonds is 15. The lowest BCUT2D eigenvalue weighted by molar-refractivity contribution is -0.171. The third kappa shape index (κ3) is 15.4. The smallest absolute Gasteiger partial charge is 0.345 e. The molecule has 0 heterocycles. The van der Waals surface area contributed by atoms with Crippen LogP contribution in [0.3, 0.4) is 0 Å². The summed E-state index contributed by atoms with van der Waals surface area (Å²) in [7, 11) is 0. The third-order valence-electron chi connectivity index (χ3n) is 5.66. The highest BCUT2D eigenvalue weighted by atomic mass is 16.6. The number of hydrogen-bond donors (Lipinski definition) is 1. The molecule has 0 aliphatic carbocycles. The van der Waals surface area contributed by atoms with Crippen LogP contribution in [0.15, 0.2) is 11.6 Å². The predicted molar refractivity (Wildman–Crippen MR) is 120 cm³/mol. The number of carbonyl (C=O) groups excluding carboxylic acids is 2. The molecule has 1 N–H and O–H groups in total. The average molecular weight is 411 g/mol. The van der Waals surface area contributed by atoms with Gasteiger partial charge in [-0.05, 0) is 44.4 Å². The number of allylic oxidation sites excluding steroid dienone is 1. The molecule has 0 aromatic heterocycles. The van der Waals surface area contributed by atoms with Crippen molar-refractivity contribution >= 4 is 11.9 Å². The zero-order valence-electron chi connectivity index (χ0n) is 20.1. The standard InChI is InChI=1S/C25H46O4/c1-19(2)11-8-12-20(3)13-9-14-21(4)15-10-16-22(5)17-18-25(7,28)24(27)29-23(6)26/h17,19-21,28H,8-16,18H2,1-7H3. The minimum atomic E-state index is -1.66. The largest absolute Gasteiger partial charge is 0.391 e. The van der Waals surface area contributed by atoms with Gasteiger partial charge in [0.15, 0.2) is 5.60 Å². The second kappa shape index (κ2) is 14.8. The van der Waals surface area contributed by atoms with Crippen LogP contribution in [0.1, 0.15) is 113 Å². The number of esters is 2. The van der Waals surface area contributed by atoms with Crippen LogP contribution in [0.4, 0.5) is 0 Å². The molecular formula is C25H46O4. The van der Waals surface area contributed by atoms with E-state index in [1.807, 2.05) is 13.0 Å². The van der Waals surface area contributed by atoms with Crippen molar-refractivity contribution in [1.29, 1.82) is 0 Å². The maximum Gasteiger partial charge on any atom is 0.345 e. The zero-order chi connectivity index (χ0) is 22.4. The summed E-state index contributed by atoms with van der Waals surface area (Å²) in [5.74, 6) is 0.809. The first-order valence-corrected chi connectivity index (χ1v) is 11.5. The van der Waals surface area contributed by atoms with Crippen molar-refractivity contribution in [3.8, 4) is 0 Å². The number of aliphatic hydroxyl groups is 1. The molecule has 0 radical (unpaired) electrons. The Labute approximate surface area is 179 Å². The van der Waals surface area contributed by atoms with Crippen molar-refractivity contribution < 1.29 is 19.4 Å². The minimum absolute atomic E-state index is 0.162. The van der Waals surface area contributed by atoms with E-state index in [0.29, 0.717) is 0 Å². The molecule has 0 aromatic rings. The Morgan fingerprint density at radius 2 is 1.38 bits per heavy atom. The second-order valence-electron chi connectivity index (χ2n) is 9.77. The highest BCUT2D eigenvalue weighted by Crippen LogP contribution is 2.22. The number of ether oxygens (including phenoxy) is 1. The first kappa shape index (κ1) is 27.8. The minimum Gasteiger partial charge on any atom is -0.391 e. The van der Waals surface area contributed by atoms with Crippen molar-refractivity contribution in [2.45, 2.75) is 118 Å². The zero-order valence-corrected chi connectivity index (χ0v) is 20.1. The van der Waals surface area contributed by atoms with Crippen molar-refractivity contribution in [2.24, 2.45) is 17.8 Å². The molecule has 0 saturated heterocycles. The lowest BCUT2D eigenvalue weighted by Gasteiger charge is -2.18. The van der Waals surface area contributed by atoms with E-state index in [2.05, 4.69) is 32.4 Å². The number of carbonyl (C=O) groups is 2. The second-order valence-corrected chi connectivity index (χ2v) is 9.77. The van der Waals surface area contributed by atoms with Crippen LogP contribution < -0.4 is 0 Å². The molecule has 0 bridgehead atoms. The van der Waals surface area contributed by atoms with Crippen LogP contribution in [0.2, 0.25) is 0 Å². The molecule has 0 fully saturated rings. The van der Waals surface area contributed by atoms with E-state index < -0.39 is 17.5 Å². The maximum absolute atomic E-state index is 11.7. The lowest BCUT2D eigenvalue weighted by Crippen LogP contribution is -2.37. The van der Waals surface area contributed by atoms with E-state index in [0.717, 1.165) is 43.1 Å². The van der Waals surface area contributed by atoms with Crippen LogP contribution >= 0.6 is 0 Å². The molecular weight excluding hydrogens is 364 g/mol. The van der Waals surface area contributed by atoms with E-state index in [1.54, 1.807) is 0 Å². The van der Waals surface area contributed by atoms with Gasteiger partial charge in [-0.3, -0.25) is 4.79 Å². The Balaban J connectivity index is 3.99. The van der Waals surface area contributed by atoms with Crippen LogP contribution in [0.25, 0.3) is 0 Å². The average Bonchev–Trinajstić information content (AvgIpc) is 2.59. The van der Waals surface area contributed by atoms with E-state index in [1.165, 1.54) is 51.9 Å². The van der Waals surface area contributed by atoms with Crippen LogP contribution in [-0.4, -0.2) is 22.6 Å². The van der Waals surface area contributed by atoms with Crippen molar-refractivity contribution in [1.82, 2.24) is 0 Å². The van der Waals surface area contributed by atoms with Gasteiger partial charge in [-0.25, -0.2) is 4.79 Å². The van der Waals surface area contributed by atoms with E-state index in [9.17, 15) is 14.7 Å². The molecule has 3 unspecified atom stereocenters. The van der Waals surface area contributed by atoms with Gasteiger partial charge in [0, 0.05) is 13.3 Å². The predicted octanol–water partition coefficient (Wildman–Crippen LogP) is 6.60. The fourth-order valence-corrected chi connectivity index (χ4v) is 3.51. The number of hydrogen-bond acceptors (Lipinski definition) is 4. The van der Waals surface area contributed by atoms with Crippen molar-refractivity contribution in [3.05, 3.63) is 11.6 Å².